The predicted octanol–water partition coefficient (Wildman–Crippen LogP) is 3.12. The molecule has 0 aliphatic heterocycles. The summed E-state index contributed by atoms with van der Waals surface area (Å²) in [5.41, 5.74) is 9.46. The lowest BCUT2D eigenvalue weighted by Crippen LogP contribution is -2.18. The van der Waals surface area contributed by atoms with Crippen LogP contribution in [0.1, 0.15) is 22.7 Å². The van der Waals surface area contributed by atoms with Crippen LogP contribution < -0.4 is 10.5 Å². The van der Waals surface area contributed by atoms with Crippen molar-refractivity contribution in [2.75, 3.05) is 12.9 Å². The predicted molar refractivity (Wildman–Crippen MR) is 87.1 cm³/mol. The molecule has 2 atom stereocenters. The Kier molecular flexibility index (Phi) is 5.15. The summed E-state index contributed by atoms with van der Waals surface area (Å²) in [6, 6.07) is 13.2. The molecule has 0 heterocycles. The van der Waals surface area contributed by atoms with Gasteiger partial charge in [0.1, 0.15) is 5.75 Å². The minimum atomic E-state index is -1.11. The van der Waals surface area contributed by atoms with Crippen molar-refractivity contribution in [3.05, 3.63) is 59.2 Å². The van der Waals surface area contributed by atoms with Crippen LogP contribution in [0.5, 0.6) is 5.75 Å². The molecule has 0 spiro atoms. The van der Waals surface area contributed by atoms with Crippen molar-refractivity contribution >= 4 is 10.8 Å². The highest BCUT2D eigenvalue weighted by Crippen LogP contribution is 2.21. The first-order valence-corrected chi connectivity index (χ1v) is 8.18. The highest BCUT2D eigenvalue weighted by atomic mass is 32.2. The average Bonchev–Trinajstić information content (AvgIpc) is 2.49. The van der Waals surface area contributed by atoms with Crippen LogP contribution >= 0.6 is 0 Å². The van der Waals surface area contributed by atoms with Crippen LogP contribution in [0.4, 0.5) is 0 Å². The van der Waals surface area contributed by atoms with Gasteiger partial charge in [-0.25, -0.2) is 0 Å². The SMILES string of the molecule is COc1cccc(C(N)CS(=O)c2ccc(C)c(C)c2)c1. The van der Waals surface area contributed by atoms with E-state index in [0.717, 1.165) is 21.8 Å². The topological polar surface area (TPSA) is 52.3 Å². The summed E-state index contributed by atoms with van der Waals surface area (Å²) >= 11 is 0. The summed E-state index contributed by atoms with van der Waals surface area (Å²) in [6.07, 6.45) is 0. The smallest absolute Gasteiger partial charge is 0.119 e. The molecule has 112 valence electrons. The minimum absolute atomic E-state index is 0.275. The van der Waals surface area contributed by atoms with E-state index in [-0.39, 0.29) is 6.04 Å². The van der Waals surface area contributed by atoms with Gasteiger partial charge in [-0.05, 0) is 54.8 Å². The van der Waals surface area contributed by atoms with E-state index in [1.165, 1.54) is 5.56 Å². The zero-order chi connectivity index (χ0) is 15.4. The van der Waals surface area contributed by atoms with Crippen LogP contribution in [-0.2, 0) is 10.8 Å². The zero-order valence-corrected chi connectivity index (χ0v) is 13.4. The summed E-state index contributed by atoms with van der Waals surface area (Å²) in [5.74, 6) is 1.16. The quantitative estimate of drug-likeness (QED) is 0.923. The molecule has 21 heavy (non-hydrogen) atoms. The molecule has 3 nitrogen and oxygen atoms in total. The van der Waals surface area contributed by atoms with E-state index < -0.39 is 10.8 Å². The van der Waals surface area contributed by atoms with Gasteiger partial charge in [-0.3, -0.25) is 4.21 Å². The van der Waals surface area contributed by atoms with E-state index in [4.69, 9.17) is 10.5 Å². The van der Waals surface area contributed by atoms with Gasteiger partial charge in [-0.2, -0.15) is 0 Å². The van der Waals surface area contributed by atoms with Gasteiger partial charge in [0.15, 0.2) is 0 Å². The number of rotatable bonds is 5. The van der Waals surface area contributed by atoms with Gasteiger partial charge < -0.3 is 10.5 Å². The Morgan fingerprint density at radius 2 is 1.90 bits per heavy atom. The summed E-state index contributed by atoms with van der Waals surface area (Å²) in [4.78, 5) is 0.830. The van der Waals surface area contributed by atoms with E-state index in [0.29, 0.717) is 5.75 Å². The molecule has 0 aliphatic carbocycles. The first-order valence-electron chi connectivity index (χ1n) is 6.86. The molecule has 0 saturated carbocycles. The van der Waals surface area contributed by atoms with Crippen LogP contribution in [0.15, 0.2) is 47.4 Å². The van der Waals surface area contributed by atoms with E-state index in [1.54, 1.807) is 7.11 Å². The summed E-state index contributed by atoms with van der Waals surface area (Å²) in [6.45, 7) is 4.07. The van der Waals surface area contributed by atoms with Gasteiger partial charge in [0, 0.05) is 16.7 Å². The van der Waals surface area contributed by atoms with Crippen molar-refractivity contribution < 1.29 is 8.95 Å². The first kappa shape index (κ1) is 15.7. The second kappa shape index (κ2) is 6.87. The van der Waals surface area contributed by atoms with Crippen molar-refractivity contribution in [2.45, 2.75) is 24.8 Å². The van der Waals surface area contributed by atoms with Crippen molar-refractivity contribution in [1.29, 1.82) is 0 Å². The first-order chi connectivity index (χ1) is 10.0. The fraction of sp³-hybridized carbons (Fsp3) is 0.294. The third kappa shape index (κ3) is 3.93. The monoisotopic (exact) mass is 303 g/mol. The Balaban J connectivity index is 2.12. The lowest BCUT2D eigenvalue weighted by atomic mass is 10.1. The average molecular weight is 303 g/mol. The third-order valence-electron chi connectivity index (χ3n) is 3.59. The van der Waals surface area contributed by atoms with Crippen LogP contribution in [0.2, 0.25) is 0 Å². The fourth-order valence-electron chi connectivity index (χ4n) is 2.08. The lowest BCUT2D eigenvalue weighted by molar-refractivity contribution is 0.414. The second-order valence-corrected chi connectivity index (χ2v) is 6.64. The van der Waals surface area contributed by atoms with Gasteiger partial charge in [-0.15, -0.1) is 0 Å². The Hall–Kier alpha value is -1.65. The third-order valence-corrected chi connectivity index (χ3v) is 5.04. The van der Waals surface area contributed by atoms with Crippen molar-refractivity contribution in [1.82, 2.24) is 0 Å². The Morgan fingerprint density at radius 3 is 2.57 bits per heavy atom. The van der Waals surface area contributed by atoms with Crippen LogP contribution in [0.25, 0.3) is 0 Å². The molecular formula is C17H21NO2S. The summed E-state index contributed by atoms with van der Waals surface area (Å²) < 4.78 is 17.6. The molecule has 2 unspecified atom stereocenters. The highest BCUT2D eigenvalue weighted by molar-refractivity contribution is 7.85. The molecule has 0 saturated heterocycles. The molecule has 0 aromatic heterocycles. The number of ether oxygens (including phenoxy) is 1. The van der Waals surface area contributed by atoms with Gasteiger partial charge >= 0.3 is 0 Å². The molecule has 0 amide bonds. The Bertz CT molecular complexity index is 655. The van der Waals surface area contributed by atoms with Gasteiger partial charge in [0.25, 0.3) is 0 Å². The molecule has 2 aromatic rings. The molecule has 0 fully saturated rings. The standard InChI is InChI=1S/C17H21NO2S/c1-12-7-8-16(9-13(12)2)21(19)11-17(18)14-5-4-6-15(10-14)20-3/h4-10,17H,11,18H2,1-3H3. The zero-order valence-electron chi connectivity index (χ0n) is 12.6. The lowest BCUT2D eigenvalue weighted by Gasteiger charge is -2.13. The van der Waals surface area contributed by atoms with E-state index in [1.807, 2.05) is 56.3 Å². The minimum Gasteiger partial charge on any atom is -0.497 e. The number of nitrogens with two attached hydrogens (primary N) is 1. The van der Waals surface area contributed by atoms with Crippen molar-refractivity contribution in [3.8, 4) is 5.75 Å². The van der Waals surface area contributed by atoms with Crippen molar-refractivity contribution in [3.63, 3.8) is 0 Å². The summed E-state index contributed by atoms with van der Waals surface area (Å²) in [7, 11) is 0.516. The largest absolute Gasteiger partial charge is 0.497 e. The van der Waals surface area contributed by atoms with E-state index >= 15 is 0 Å². The molecule has 2 aromatic carbocycles. The number of hydrogen-bond donors (Lipinski definition) is 1. The van der Waals surface area contributed by atoms with Crippen LogP contribution in [0, 0.1) is 13.8 Å². The molecule has 0 aliphatic rings. The number of methoxy groups -OCH3 is 1. The number of aryl methyl sites for hydroxylation is 2. The normalized spacial score (nSPS) is 13.7. The molecule has 0 radical (unpaired) electrons. The van der Waals surface area contributed by atoms with E-state index in [2.05, 4.69) is 0 Å². The van der Waals surface area contributed by atoms with Crippen LogP contribution in [0.3, 0.4) is 0 Å². The Labute approximate surface area is 128 Å². The number of hydrogen-bond acceptors (Lipinski definition) is 3. The maximum absolute atomic E-state index is 12.4. The van der Waals surface area contributed by atoms with Gasteiger partial charge in [0.05, 0.1) is 17.9 Å². The number of benzene rings is 2. The van der Waals surface area contributed by atoms with Gasteiger partial charge in [-0.1, -0.05) is 18.2 Å². The maximum Gasteiger partial charge on any atom is 0.119 e. The second-order valence-electron chi connectivity index (χ2n) is 5.14. The highest BCUT2D eigenvalue weighted by Gasteiger charge is 2.13. The fourth-order valence-corrected chi connectivity index (χ4v) is 3.32. The summed E-state index contributed by atoms with van der Waals surface area (Å²) in [5, 5.41) is 0. The van der Waals surface area contributed by atoms with Gasteiger partial charge in [0.2, 0.25) is 0 Å². The molecule has 4 heteroatoms. The Morgan fingerprint density at radius 1 is 1.14 bits per heavy atom. The molecule has 2 N–H and O–H groups in total. The van der Waals surface area contributed by atoms with Crippen molar-refractivity contribution in [2.24, 2.45) is 5.73 Å². The molecule has 2 rings (SSSR count). The molecule has 0 bridgehead atoms. The maximum atomic E-state index is 12.4. The molecular weight excluding hydrogens is 282 g/mol. The van der Waals surface area contributed by atoms with E-state index in [9.17, 15) is 4.21 Å². The van der Waals surface area contributed by atoms with Crippen LogP contribution in [-0.4, -0.2) is 17.1 Å².